The number of guanidine groups is 1. The van der Waals surface area contributed by atoms with Crippen LogP contribution in [-0.4, -0.2) is 61.1 Å². The minimum atomic E-state index is -0.198. The van der Waals surface area contributed by atoms with Crippen LogP contribution in [0.5, 0.6) is 0 Å². The van der Waals surface area contributed by atoms with E-state index in [-0.39, 0.29) is 11.2 Å². The van der Waals surface area contributed by atoms with Gasteiger partial charge < -0.3 is 10.2 Å². The lowest BCUT2D eigenvalue weighted by Crippen LogP contribution is -2.43. The monoisotopic (exact) mass is 360 g/mol. The predicted molar refractivity (Wildman–Crippen MR) is 106 cm³/mol. The summed E-state index contributed by atoms with van der Waals surface area (Å²) in [6.45, 7) is 12.5. The highest BCUT2D eigenvalue weighted by Crippen LogP contribution is 2.25. The maximum absolute atomic E-state index is 13.6. The number of likely N-dealkylation sites (tertiary alicyclic amines) is 2. The van der Waals surface area contributed by atoms with Crippen molar-refractivity contribution in [1.82, 2.24) is 15.1 Å². The van der Waals surface area contributed by atoms with E-state index in [0.29, 0.717) is 12.6 Å². The first-order chi connectivity index (χ1) is 12.5. The molecule has 26 heavy (non-hydrogen) atoms. The predicted octanol–water partition coefficient (Wildman–Crippen LogP) is 3.24. The van der Waals surface area contributed by atoms with E-state index in [9.17, 15) is 4.39 Å². The summed E-state index contributed by atoms with van der Waals surface area (Å²) in [6, 6.07) is 7.56. The van der Waals surface area contributed by atoms with E-state index < -0.39 is 0 Å². The van der Waals surface area contributed by atoms with Gasteiger partial charge in [-0.15, -0.1) is 0 Å². The molecular weight excluding hydrogens is 327 g/mol. The number of hydrogen-bond donors (Lipinski definition) is 1. The third-order valence-electron chi connectivity index (χ3n) is 5.69. The van der Waals surface area contributed by atoms with E-state index in [4.69, 9.17) is 4.99 Å². The molecule has 0 spiro atoms. The van der Waals surface area contributed by atoms with Crippen molar-refractivity contribution >= 4 is 5.96 Å². The molecule has 1 aromatic carbocycles. The van der Waals surface area contributed by atoms with Gasteiger partial charge in [-0.05, 0) is 57.0 Å². The number of hydrogen-bond acceptors (Lipinski definition) is 2. The number of rotatable bonds is 5. The van der Waals surface area contributed by atoms with Crippen LogP contribution in [0.2, 0.25) is 0 Å². The average molecular weight is 361 g/mol. The second-order valence-electron chi connectivity index (χ2n) is 8.20. The van der Waals surface area contributed by atoms with E-state index in [1.54, 1.807) is 12.1 Å². The van der Waals surface area contributed by atoms with Gasteiger partial charge in [0.15, 0.2) is 5.96 Å². The molecule has 0 aliphatic carbocycles. The molecule has 0 aromatic heterocycles. The summed E-state index contributed by atoms with van der Waals surface area (Å²) in [5.74, 6) is 0.818. The average Bonchev–Trinajstić information content (AvgIpc) is 3.29. The molecule has 2 aliphatic rings. The molecule has 3 rings (SSSR count). The van der Waals surface area contributed by atoms with Crippen LogP contribution < -0.4 is 5.32 Å². The van der Waals surface area contributed by atoms with Gasteiger partial charge in [-0.1, -0.05) is 26.0 Å². The van der Waals surface area contributed by atoms with Crippen molar-refractivity contribution in [3.05, 3.63) is 35.6 Å². The van der Waals surface area contributed by atoms with Crippen molar-refractivity contribution in [3.8, 4) is 0 Å². The number of aliphatic imine (C=N–C) groups is 1. The van der Waals surface area contributed by atoms with Crippen LogP contribution in [0.4, 0.5) is 4.39 Å². The minimum absolute atomic E-state index is 0.181. The first-order valence-electron chi connectivity index (χ1n) is 10.0. The van der Waals surface area contributed by atoms with Gasteiger partial charge in [0, 0.05) is 31.1 Å². The molecule has 4 nitrogen and oxygen atoms in total. The van der Waals surface area contributed by atoms with Gasteiger partial charge in [-0.2, -0.15) is 0 Å². The summed E-state index contributed by atoms with van der Waals surface area (Å²) in [5, 5.41) is 3.45. The fourth-order valence-corrected chi connectivity index (χ4v) is 4.04. The Bertz CT molecular complexity index is 622. The van der Waals surface area contributed by atoms with E-state index in [2.05, 4.69) is 35.9 Å². The van der Waals surface area contributed by atoms with E-state index >= 15 is 0 Å². The molecule has 2 fully saturated rings. The molecule has 144 valence electrons. The first-order valence-corrected chi connectivity index (χ1v) is 10.0. The standard InChI is InChI=1S/C21H33FN4/c1-4-23-20(26-13-10-19(15-26)25-11-5-6-12-25)24-16-21(2,3)17-8-7-9-18(22)14-17/h7-9,14,19H,4-6,10-13,15-16H2,1-3H3,(H,23,24). The third-order valence-corrected chi connectivity index (χ3v) is 5.69. The van der Waals surface area contributed by atoms with E-state index in [0.717, 1.165) is 31.2 Å². The zero-order chi connectivity index (χ0) is 18.6. The summed E-state index contributed by atoms with van der Waals surface area (Å²) in [6.07, 6.45) is 3.90. The van der Waals surface area contributed by atoms with Gasteiger partial charge >= 0.3 is 0 Å². The zero-order valence-electron chi connectivity index (χ0n) is 16.5. The molecule has 5 heteroatoms. The molecule has 0 saturated carbocycles. The molecule has 0 bridgehead atoms. The fraction of sp³-hybridized carbons (Fsp3) is 0.667. The first kappa shape index (κ1) is 19.2. The Morgan fingerprint density at radius 2 is 2.04 bits per heavy atom. The molecule has 1 aromatic rings. The van der Waals surface area contributed by atoms with Crippen LogP contribution in [0.1, 0.15) is 45.6 Å². The summed E-state index contributed by atoms with van der Waals surface area (Å²) in [5.41, 5.74) is 0.796. The SMILES string of the molecule is CCNC(=NCC(C)(C)c1cccc(F)c1)N1CCC(N2CCCC2)C1. The van der Waals surface area contributed by atoms with Crippen LogP contribution in [0.3, 0.4) is 0 Å². The zero-order valence-corrected chi connectivity index (χ0v) is 16.5. The van der Waals surface area contributed by atoms with Crippen molar-refractivity contribution in [3.63, 3.8) is 0 Å². The Morgan fingerprint density at radius 3 is 2.73 bits per heavy atom. The van der Waals surface area contributed by atoms with Gasteiger partial charge in [0.05, 0.1) is 6.54 Å². The lowest BCUT2D eigenvalue weighted by Gasteiger charge is -2.27. The topological polar surface area (TPSA) is 30.9 Å². The maximum Gasteiger partial charge on any atom is 0.193 e. The Balaban J connectivity index is 1.67. The smallest absolute Gasteiger partial charge is 0.193 e. The Labute approximate surface area is 157 Å². The Hall–Kier alpha value is -1.62. The van der Waals surface area contributed by atoms with Crippen molar-refractivity contribution in [2.75, 3.05) is 39.3 Å². The van der Waals surface area contributed by atoms with Crippen molar-refractivity contribution in [2.45, 2.75) is 51.5 Å². The van der Waals surface area contributed by atoms with Crippen LogP contribution in [0.25, 0.3) is 0 Å². The Morgan fingerprint density at radius 1 is 1.27 bits per heavy atom. The van der Waals surface area contributed by atoms with Gasteiger partial charge in [-0.3, -0.25) is 9.89 Å². The molecule has 1 atom stereocenters. The quantitative estimate of drug-likeness (QED) is 0.646. The highest BCUT2D eigenvalue weighted by atomic mass is 19.1. The van der Waals surface area contributed by atoms with Crippen molar-refractivity contribution in [2.24, 2.45) is 4.99 Å². The molecule has 2 heterocycles. The summed E-state index contributed by atoms with van der Waals surface area (Å²) < 4.78 is 13.6. The Kier molecular flexibility index (Phi) is 6.17. The van der Waals surface area contributed by atoms with E-state index in [1.165, 1.54) is 38.4 Å². The van der Waals surface area contributed by atoms with Crippen LogP contribution in [0.15, 0.2) is 29.3 Å². The molecule has 0 radical (unpaired) electrons. The number of nitrogens with zero attached hydrogens (tertiary/aromatic N) is 3. The van der Waals surface area contributed by atoms with E-state index in [1.807, 2.05) is 6.07 Å². The fourth-order valence-electron chi connectivity index (χ4n) is 4.04. The van der Waals surface area contributed by atoms with Crippen LogP contribution in [-0.2, 0) is 5.41 Å². The number of benzene rings is 1. The highest BCUT2D eigenvalue weighted by Gasteiger charge is 2.31. The number of halogens is 1. The lowest BCUT2D eigenvalue weighted by atomic mass is 9.85. The van der Waals surface area contributed by atoms with Gasteiger partial charge in [0.1, 0.15) is 5.82 Å². The second kappa shape index (κ2) is 8.38. The van der Waals surface area contributed by atoms with Crippen molar-refractivity contribution < 1.29 is 4.39 Å². The third kappa shape index (κ3) is 4.56. The molecular formula is C21H33FN4. The van der Waals surface area contributed by atoms with Gasteiger partial charge in [0.25, 0.3) is 0 Å². The summed E-state index contributed by atoms with van der Waals surface area (Å²) in [7, 11) is 0. The van der Waals surface area contributed by atoms with Crippen LogP contribution >= 0.6 is 0 Å². The summed E-state index contributed by atoms with van der Waals surface area (Å²) in [4.78, 5) is 9.96. The number of nitrogens with one attached hydrogen (secondary N) is 1. The van der Waals surface area contributed by atoms with Crippen molar-refractivity contribution in [1.29, 1.82) is 0 Å². The largest absolute Gasteiger partial charge is 0.357 e. The highest BCUT2D eigenvalue weighted by molar-refractivity contribution is 5.80. The minimum Gasteiger partial charge on any atom is -0.357 e. The van der Waals surface area contributed by atoms with Crippen LogP contribution in [0, 0.1) is 5.82 Å². The molecule has 2 aliphatic heterocycles. The van der Waals surface area contributed by atoms with Gasteiger partial charge in [-0.25, -0.2) is 4.39 Å². The molecule has 2 saturated heterocycles. The van der Waals surface area contributed by atoms with Gasteiger partial charge in [0.2, 0.25) is 0 Å². The lowest BCUT2D eigenvalue weighted by molar-refractivity contribution is 0.249. The second-order valence-corrected chi connectivity index (χ2v) is 8.20. The molecule has 1 N–H and O–H groups in total. The normalized spacial score (nSPS) is 22.2. The maximum atomic E-state index is 13.6. The molecule has 0 amide bonds. The summed E-state index contributed by atoms with van der Waals surface area (Å²) >= 11 is 0. The molecule has 1 unspecified atom stereocenters.